The van der Waals surface area contributed by atoms with Crippen LogP contribution in [0.4, 0.5) is 13.2 Å². The molecule has 0 N–H and O–H groups in total. The van der Waals surface area contributed by atoms with Crippen molar-refractivity contribution in [2.24, 2.45) is 22.0 Å². The molecule has 0 amide bonds. The van der Waals surface area contributed by atoms with Crippen molar-refractivity contribution >= 4 is 11.9 Å². The van der Waals surface area contributed by atoms with Gasteiger partial charge in [0.05, 0.1) is 11.9 Å². The van der Waals surface area contributed by atoms with Crippen LogP contribution in [0.3, 0.4) is 0 Å². The first-order valence-electron chi connectivity index (χ1n) is 12.0. The van der Waals surface area contributed by atoms with E-state index >= 15 is 0 Å². The second kappa shape index (κ2) is 12.6. The molecular formula is C27H33F3N2O. The number of ether oxygens (including phenoxy) is 1. The number of rotatable bonds is 10. The van der Waals surface area contributed by atoms with E-state index in [0.29, 0.717) is 11.5 Å². The first kappa shape index (κ1) is 25.0. The third kappa shape index (κ3) is 8.67. The standard InChI is InChI=1S/C27H33F3N2O/c1-2-3-4-6-9-21-12-16-24(17-13-21)26(23-10-7-5-8-11-23)32-31-20-22-14-18-25(19-15-22)33-27(28,29)30/h5,7-8,10-11,14-15,18-21,24H,2-4,6,9,12-13,16-17H2,1H3. The van der Waals surface area contributed by atoms with Crippen molar-refractivity contribution in [1.29, 1.82) is 0 Å². The molecule has 0 unspecified atom stereocenters. The second-order valence-electron chi connectivity index (χ2n) is 8.78. The van der Waals surface area contributed by atoms with E-state index in [-0.39, 0.29) is 5.75 Å². The van der Waals surface area contributed by atoms with Crippen LogP contribution in [-0.2, 0) is 0 Å². The van der Waals surface area contributed by atoms with Gasteiger partial charge in [-0.15, -0.1) is 13.2 Å². The lowest BCUT2D eigenvalue weighted by Crippen LogP contribution is -2.22. The lowest BCUT2D eigenvalue weighted by molar-refractivity contribution is -0.274. The molecule has 1 aliphatic carbocycles. The fraction of sp³-hybridized carbons (Fsp3) is 0.481. The summed E-state index contributed by atoms with van der Waals surface area (Å²) in [6, 6.07) is 15.8. The topological polar surface area (TPSA) is 34.0 Å². The average molecular weight is 459 g/mol. The molecule has 0 saturated heterocycles. The highest BCUT2D eigenvalue weighted by molar-refractivity contribution is 6.02. The van der Waals surface area contributed by atoms with Gasteiger partial charge in [0.25, 0.3) is 0 Å². The predicted molar refractivity (Wildman–Crippen MR) is 128 cm³/mol. The number of unbranched alkanes of at least 4 members (excludes halogenated alkanes) is 3. The van der Waals surface area contributed by atoms with Crippen molar-refractivity contribution < 1.29 is 17.9 Å². The molecule has 6 heteroatoms. The average Bonchev–Trinajstić information content (AvgIpc) is 2.81. The Bertz CT molecular complexity index is 884. The first-order valence-corrected chi connectivity index (χ1v) is 12.0. The Morgan fingerprint density at radius 2 is 1.64 bits per heavy atom. The van der Waals surface area contributed by atoms with Gasteiger partial charge in [-0.1, -0.05) is 69.4 Å². The highest BCUT2D eigenvalue weighted by Gasteiger charge is 2.31. The van der Waals surface area contributed by atoms with E-state index in [1.165, 1.54) is 69.2 Å². The van der Waals surface area contributed by atoms with Crippen LogP contribution in [0.1, 0.15) is 75.8 Å². The number of benzene rings is 2. The molecule has 0 aliphatic heterocycles. The fourth-order valence-corrected chi connectivity index (χ4v) is 4.48. The Labute approximate surface area is 194 Å². The summed E-state index contributed by atoms with van der Waals surface area (Å²) in [5, 5.41) is 8.87. The molecule has 1 fully saturated rings. The predicted octanol–water partition coefficient (Wildman–Crippen LogP) is 8.19. The maximum absolute atomic E-state index is 12.3. The Balaban J connectivity index is 1.64. The Morgan fingerprint density at radius 1 is 0.939 bits per heavy atom. The molecule has 2 aromatic carbocycles. The molecule has 0 bridgehead atoms. The van der Waals surface area contributed by atoms with Crippen LogP contribution in [0.25, 0.3) is 0 Å². The normalized spacial score (nSPS) is 19.7. The van der Waals surface area contributed by atoms with Crippen molar-refractivity contribution in [1.82, 2.24) is 0 Å². The largest absolute Gasteiger partial charge is 0.573 e. The molecule has 0 heterocycles. The summed E-state index contributed by atoms with van der Waals surface area (Å²) in [4.78, 5) is 0. The van der Waals surface area contributed by atoms with Gasteiger partial charge >= 0.3 is 6.36 Å². The molecule has 3 nitrogen and oxygen atoms in total. The van der Waals surface area contributed by atoms with Gasteiger partial charge in [0.1, 0.15) is 5.75 Å². The van der Waals surface area contributed by atoms with Crippen molar-refractivity contribution in [2.75, 3.05) is 0 Å². The molecular weight excluding hydrogens is 425 g/mol. The first-order chi connectivity index (χ1) is 15.9. The molecule has 33 heavy (non-hydrogen) atoms. The van der Waals surface area contributed by atoms with Gasteiger partial charge in [-0.25, -0.2) is 0 Å². The van der Waals surface area contributed by atoms with Gasteiger partial charge in [-0.3, -0.25) is 0 Å². The summed E-state index contributed by atoms with van der Waals surface area (Å²) in [5.74, 6) is 0.939. The number of alkyl halides is 3. The van der Waals surface area contributed by atoms with E-state index in [2.05, 4.69) is 34.0 Å². The zero-order chi connectivity index (χ0) is 23.5. The zero-order valence-corrected chi connectivity index (χ0v) is 19.2. The minimum atomic E-state index is -4.70. The van der Waals surface area contributed by atoms with Gasteiger partial charge in [0, 0.05) is 5.92 Å². The lowest BCUT2D eigenvalue weighted by atomic mass is 9.76. The molecule has 0 radical (unpaired) electrons. The minimum absolute atomic E-state index is 0.250. The molecule has 0 aromatic heterocycles. The Kier molecular flexibility index (Phi) is 9.52. The monoisotopic (exact) mass is 458 g/mol. The molecule has 2 aromatic rings. The molecule has 1 aliphatic rings. The van der Waals surface area contributed by atoms with E-state index in [1.54, 1.807) is 6.21 Å². The van der Waals surface area contributed by atoms with Crippen LogP contribution in [0, 0.1) is 11.8 Å². The maximum Gasteiger partial charge on any atom is 0.573 e. The van der Waals surface area contributed by atoms with Crippen LogP contribution in [0.15, 0.2) is 64.8 Å². The smallest absolute Gasteiger partial charge is 0.406 e. The number of hydrogen-bond acceptors (Lipinski definition) is 3. The highest BCUT2D eigenvalue weighted by atomic mass is 19.4. The fourth-order valence-electron chi connectivity index (χ4n) is 4.48. The van der Waals surface area contributed by atoms with Crippen LogP contribution >= 0.6 is 0 Å². The zero-order valence-electron chi connectivity index (χ0n) is 19.2. The van der Waals surface area contributed by atoms with Gasteiger partial charge < -0.3 is 4.74 Å². The number of nitrogens with zero attached hydrogens (tertiary/aromatic N) is 2. The summed E-state index contributed by atoms with van der Waals surface area (Å²) in [6.45, 7) is 2.25. The molecule has 3 rings (SSSR count). The van der Waals surface area contributed by atoms with E-state index in [0.717, 1.165) is 30.0 Å². The summed E-state index contributed by atoms with van der Waals surface area (Å²) in [6.07, 6.45) is 8.17. The van der Waals surface area contributed by atoms with E-state index in [1.807, 2.05) is 18.2 Å². The molecule has 178 valence electrons. The SMILES string of the molecule is CCCCCCC1CCC(C(=NN=Cc2ccc(OC(F)(F)F)cc2)c2ccccc2)CC1. The van der Waals surface area contributed by atoms with E-state index in [4.69, 9.17) is 0 Å². The quantitative estimate of drug-likeness (QED) is 0.201. The van der Waals surface area contributed by atoms with E-state index in [9.17, 15) is 13.2 Å². The third-order valence-corrected chi connectivity index (χ3v) is 6.25. The highest BCUT2D eigenvalue weighted by Crippen LogP contribution is 2.34. The number of hydrogen-bond donors (Lipinski definition) is 0. The minimum Gasteiger partial charge on any atom is -0.406 e. The van der Waals surface area contributed by atoms with Crippen molar-refractivity contribution in [3.05, 3.63) is 65.7 Å². The van der Waals surface area contributed by atoms with E-state index < -0.39 is 6.36 Å². The number of halogens is 3. The van der Waals surface area contributed by atoms with Crippen LogP contribution < -0.4 is 4.74 Å². The Morgan fingerprint density at radius 3 is 2.27 bits per heavy atom. The van der Waals surface area contributed by atoms with Crippen LogP contribution in [-0.4, -0.2) is 18.3 Å². The summed E-state index contributed by atoms with van der Waals surface area (Å²) >= 11 is 0. The van der Waals surface area contributed by atoms with Gasteiger partial charge in [0.15, 0.2) is 0 Å². The maximum atomic E-state index is 12.3. The molecule has 0 spiro atoms. The molecule has 1 saturated carbocycles. The van der Waals surface area contributed by atoms with Gasteiger partial charge in [0.2, 0.25) is 0 Å². The van der Waals surface area contributed by atoms with Crippen LogP contribution in [0.2, 0.25) is 0 Å². The summed E-state index contributed by atoms with van der Waals surface area (Å²) in [5.41, 5.74) is 2.74. The van der Waals surface area contributed by atoms with Crippen molar-refractivity contribution in [3.8, 4) is 5.75 Å². The second-order valence-corrected chi connectivity index (χ2v) is 8.78. The van der Waals surface area contributed by atoms with Gasteiger partial charge in [-0.05, 0) is 67.0 Å². The Hall–Kier alpha value is -2.63. The summed E-state index contributed by atoms with van der Waals surface area (Å²) in [7, 11) is 0. The van der Waals surface area contributed by atoms with Crippen molar-refractivity contribution in [3.63, 3.8) is 0 Å². The van der Waals surface area contributed by atoms with Gasteiger partial charge in [-0.2, -0.15) is 10.2 Å². The summed E-state index contributed by atoms with van der Waals surface area (Å²) < 4.78 is 40.9. The third-order valence-electron chi connectivity index (χ3n) is 6.25. The van der Waals surface area contributed by atoms with Crippen LogP contribution in [0.5, 0.6) is 5.75 Å². The lowest BCUT2D eigenvalue weighted by Gasteiger charge is -2.29. The molecule has 0 atom stereocenters. The van der Waals surface area contributed by atoms with Crippen molar-refractivity contribution in [2.45, 2.75) is 71.1 Å².